The standard InChI is InChI=1S/C15H20O3/c1-9-7-11(3)14(8-10(9)2)18-13-6-4-5-12(13)15(16)17/h7-8,12-13H,4-6H2,1-3H3,(H,16,17). The molecule has 0 bridgehead atoms. The first-order valence-corrected chi connectivity index (χ1v) is 6.46. The van der Waals surface area contributed by atoms with E-state index in [0.717, 1.165) is 30.6 Å². The highest BCUT2D eigenvalue weighted by Crippen LogP contribution is 2.32. The van der Waals surface area contributed by atoms with Crippen molar-refractivity contribution in [3.05, 3.63) is 28.8 Å². The molecular weight excluding hydrogens is 228 g/mol. The summed E-state index contributed by atoms with van der Waals surface area (Å²) in [5.74, 6) is -0.263. The number of aliphatic carboxylic acids is 1. The van der Waals surface area contributed by atoms with Gasteiger partial charge in [-0.2, -0.15) is 0 Å². The maximum atomic E-state index is 11.1. The molecule has 1 fully saturated rings. The van der Waals surface area contributed by atoms with Gasteiger partial charge in [-0.25, -0.2) is 0 Å². The quantitative estimate of drug-likeness (QED) is 0.893. The minimum absolute atomic E-state index is 0.177. The Balaban J connectivity index is 2.19. The highest BCUT2D eigenvalue weighted by molar-refractivity contribution is 5.71. The summed E-state index contributed by atoms with van der Waals surface area (Å²) in [6, 6.07) is 4.11. The minimum Gasteiger partial charge on any atom is -0.489 e. The van der Waals surface area contributed by atoms with Gasteiger partial charge < -0.3 is 9.84 Å². The van der Waals surface area contributed by atoms with Gasteiger partial charge in [0.2, 0.25) is 0 Å². The number of rotatable bonds is 3. The van der Waals surface area contributed by atoms with Crippen LogP contribution in [0.5, 0.6) is 5.75 Å². The third-order valence-corrected chi connectivity index (χ3v) is 3.84. The number of ether oxygens (including phenoxy) is 1. The Hall–Kier alpha value is -1.51. The normalized spacial score (nSPS) is 23.1. The van der Waals surface area contributed by atoms with Gasteiger partial charge in [0.1, 0.15) is 11.9 Å². The van der Waals surface area contributed by atoms with Crippen LogP contribution in [-0.4, -0.2) is 17.2 Å². The predicted molar refractivity (Wildman–Crippen MR) is 70.0 cm³/mol. The van der Waals surface area contributed by atoms with E-state index in [4.69, 9.17) is 9.84 Å². The molecule has 1 aromatic carbocycles. The van der Waals surface area contributed by atoms with Crippen molar-refractivity contribution in [3.8, 4) is 5.75 Å². The molecule has 3 nitrogen and oxygen atoms in total. The maximum absolute atomic E-state index is 11.1. The van der Waals surface area contributed by atoms with Crippen molar-refractivity contribution in [2.45, 2.75) is 46.1 Å². The van der Waals surface area contributed by atoms with E-state index in [-0.39, 0.29) is 12.0 Å². The summed E-state index contributed by atoms with van der Waals surface area (Å²) < 4.78 is 5.94. The second-order valence-electron chi connectivity index (χ2n) is 5.23. The zero-order chi connectivity index (χ0) is 13.3. The molecule has 0 spiro atoms. The van der Waals surface area contributed by atoms with Gasteiger partial charge in [0, 0.05) is 0 Å². The van der Waals surface area contributed by atoms with Gasteiger partial charge in [-0.3, -0.25) is 4.79 Å². The molecule has 2 atom stereocenters. The molecule has 2 rings (SSSR count). The number of carboxylic acid groups (broad SMARTS) is 1. The molecule has 0 radical (unpaired) electrons. The highest BCUT2D eigenvalue weighted by Gasteiger charge is 2.34. The maximum Gasteiger partial charge on any atom is 0.310 e. The lowest BCUT2D eigenvalue weighted by molar-refractivity contribution is -0.144. The van der Waals surface area contributed by atoms with E-state index in [0.29, 0.717) is 0 Å². The second kappa shape index (κ2) is 5.01. The van der Waals surface area contributed by atoms with Crippen molar-refractivity contribution in [1.29, 1.82) is 0 Å². The largest absolute Gasteiger partial charge is 0.489 e. The molecule has 0 heterocycles. The van der Waals surface area contributed by atoms with Crippen LogP contribution in [0.4, 0.5) is 0 Å². The van der Waals surface area contributed by atoms with Crippen LogP contribution in [0.15, 0.2) is 12.1 Å². The Kier molecular flexibility index (Phi) is 3.60. The summed E-state index contributed by atoms with van der Waals surface area (Å²) in [7, 11) is 0. The lowest BCUT2D eigenvalue weighted by atomic mass is 10.0. The van der Waals surface area contributed by atoms with E-state index >= 15 is 0 Å². The molecule has 0 amide bonds. The summed E-state index contributed by atoms with van der Waals surface area (Å²) >= 11 is 0. The van der Waals surface area contributed by atoms with Crippen LogP contribution in [0.25, 0.3) is 0 Å². The molecule has 2 unspecified atom stereocenters. The number of hydrogen-bond donors (Lipinski definition) is 1. The van der Waals surface area contributed by atoms with Crippen molar-refractivity contribution in [2.75, 3.05) is 0 Å². The van der Waals surface area contributed by atoms with Crippen LogP contribution >= 0.6 is 0 Å². The molecule has 18 heavy (non-hydrogen) atoms. The highest BCUT2D eigenvalue weighted by atomic mass is 16.5. The third-order valence-electron chi connectivity index (χ3n) is 3.84. The Labute approximate surface area is 108 Å². The first-order valence-electron chi connectivity index (χ1n) is 6.46. The number of hydrogen-bond acceptors (Lipinski definition) is 2. The minimum atomic E-state index is -0.737. The van der Waals surface area contributed by atoms with Crippen LogP contribution in [0.2, 0.25) is 0 Å². The molecule has 0 aromatic heterocycles. The summed E-state index contributed by atoms with van der Waals surface area (Å²) in [4.78, 5) is 11.1. The monoisotopic (exact) mass is 248 g/mol. The number of carbonyl (C=O) groups is 1. The zero-order valence-electron chi connectivity index (χ0n) is 11.2. The van der Waals surface area contributed by atoms with Crippen molar-refractivity contribution in [2.24, 2.45) is 5.92 Å². The van der Waals surface area contributed by atoms with Crippen molar-refractivity contribution in [1.82, 2.24) is 0 Å². The SMILES string of the molecule is Cc1cc(C)c(OC2CCCC2C(=O)O)cc1C. The molecular formula is C15H20O3. The molecule has 0 aliphatic heterocycles. The van der Waals surface area contributed by atoms with Gasteiger partial charge in [0.15, 0.2) is 0 Å². The average molecular weight is 248 g/mol. The predicted octanol–water partition coefficient (Wildman–Crippen LogP) is 3.24. The van der Waals surface area contributed by atoms with Crippen LogP contribution in [0.3, 0.4) is 0 Å². The molecule has 1 aliphatic rings. The van der Waals surface area contributed by atoms with E-state index in [1.165, 1.54) is 11.1 Å². The van der Waals surface area contributed by atoms with Crippen molar-refractivity contribution >= 4 is 5.97 Å². The molecule has 1 aliphatic carbocycles. The number of carboxylic acids is 1. The van der Waals surface area contributed by atoms with Crippen LogP contribution in [0.1, 0.15) is 36.0 Å². The first kappa shape index (κ1) is 12.9. The summed E-state index contributed by atoms with van der Waals surface area (Å²) in [5, 5.41) is 9.15. The van der Waals surface area contributed by atoms with E-state index < -0.39 is 5.97 Å². The molecule has 1 aromatic rings. The average Bonchev–Trinajstić information content (AvgIpc) is 2.74. The van der Waals surface area contributed by atoms with Crippen molar-refractivity contribution < 1.29 is 14.6 Å². The van der Waals surface area contributed by atoms with Crippen molar-refractivity contribution in [3.63, 3.8) is 0 Å². The smallest absolute Gasteiger partial charge is 0.310 e. The van der Waals surface area contributed by atoms with Crippen LogP contribution < -0.4 is 4.74 Å². The lowest BCUT2D eigenvalue weighted by Crippen LogP contribution is -2.28. The lowest BCUT2D eigenvalue weighted by Gasteiger charge is -2.20. The number of benzene rings is 1. The Morgan fingerprint density at radius 2 is 1.83 bits per heavy atom. The van der Waals surface area contributed by atoms with Crippen LogP contribution in [-0.2, 0) is 4.79 Å². The van der Waals surface area contributed by atoms with Gasteiger partial charge in [0.05, 0.1) is 5.92 Å². The summed E-state index contributed by atoms with van der Waals surface area (Å²) in [6.45, 7) is 6.12. The second-order valence-corrected chi connectivity index (χ2v) is 5.23. The third kappa shape index (κ3) is 2.50. The fourth-order valence-corrected chi connectivity index (χ4v) is 2.57. The van der Waals surface area contributed by atoms with E-state index in [1.807, 2.05) is 19.9 Å². The first-order chi connectivity index (χ1) is 8.49. The van der Waals surface area contributed by atoms with E-state index in [2.05, 4.69) is 13.0 Å². The summed E-state index contributed by atoms with van der Waals surface area (Å²) in [5.41, 5.74) is 3.50. The molecule has 1 N–H and O–H groups in total. The Bertz CT molecular complexity index is 465. The van der Waals surface area contributed by atoms with Gasteiger partial charge >= 0.3 is 5.97 Å². The van der Waals surface area contributed by atoms with Gasteiger partial charge in [-0.05, 0) is 62.8 Å². The van der Waals surface area contributed by atoms with Crippen LogP contribution in [0, 0.1) is 26.7 Å². The van der Waals surface area contributed by atoms with Gasteiger partial charge in [-0.1, -0.05) is 6.07 Å². The van der Waals surface area contributed by atoms with Gasteiger partial charge in [-0.15, -0.1) is 0 Å². The van der Waals surface area contributed by atoms with Gasteiger partial charge in [0.25, 0.3) is 0 Å². The molecule has 0 saturated heterocycles. The topological polar surface area (TPSA) is 46.5 Å². The molecule has 3 heteroatoms. The van der Waals surface area contributed by atoms with E-state index in [9.17, 15) is 4.79 Å². The zero-order valence-corrected chi connectivity index (χ0v) is 11.2. The summed E-state index contributed by atoms with van der Waals surface area (Å²) in [6.07, 6.45) is 2.32. The molecule has 1 saturated carbocycles. The number of aryl methyl sites for hydroxylation is 3. The Morgan fingerprint density at radius 3 is 2.50 bits per heavy atom. The Morgan fingerprint density at radius 1 is 1.17 bits per heavy atom. The fourth-order valence-electron chi connectivity index (χ4n) is 2.57. The van der Waals surface area contributed by atoms with E-state index in [1.54, 1.807) is 0 Å². The molecule has 98 valence electrons. The fraction of sp³-hybridized carbons (Fsp3) is 0.533.